The molecule has 3 amide bonds. The number of non-ortho nitro benzene ring substituents is 1. The minimum absolute atomic E-state index is 0.0237. The van der Waals surface area contributed by atoms with Gasteiger partial charge in [0.15, 0.2) is 0 Å². The zero-order chi connectivity index (χ0) is 28.0. The number of hydrogen-bond acceptors (Lipinski definition) is 8. The highest BCUT2D eigenvalue weighted by Crippen LogP contribution is 2.41. The summed E-state index contributed by atoms with van der Waals surface area (Å²) in [5, 5.41) is 11.1. The Kier molecular flexibility index (Phi) is 6.67. The number of aryl methyl sites for hydroxylation is 1. The van der Waals surface area contributed by atoms with Crippen LogP contribution in [0.25, 0.3) is 0 Å². The van der Waals surface area contributed by atoms with E-state index in [0.29, 0.717) is 29.8 Å². The van der Waals surface area contributed by atoms with Gasteiger partial charge in [0.1, 0.15) is 11.5 Å². The van der Waals surface area contributed by atoms with Crippen LogP contribution in [0.2, 0.25) is 0 Å². The predicted octanol–water partition coefficient (Wildman–Crippen LogP) is 3.72. The molecule has 11 heteroatoms. The van der Waals surface area contributed by atoms with Crippen molar-refractivity contribution in [1.29, 1.82) is 0 Å². The lowest BCUT2D eigenvalue weighted by Crippen LogP contribution is -2.31. The molecule has 2 aromatic rings. The predicted molar refractivity (Wildman–Crippen MR) is 139 cm³/mol. The number of nitro groups is 1. The molecule has 2 aliphatic heterocycles. The van der Waals surface area contributed by atoms with Crippen LogP contribution in [0.5, 0.6) is 11.5 Å². The van der Waals surface area contributed by atoms with E-state index in [1.807, 2.05) is 13.0 Å². The highest BCUT2D eigenvalue weighted by molar-refractivity contribution is 6.22. The van der Waals surface area contributed by atoms with E-state index in [2.05, 4.69) is 0 Å². The van der Waals surface area contributed by atoms with Crippen LogP contribution in [0, 0.1) is 34.8 Å². The van der Waals surface area contributed by atoms with Gasteiger partial charge >= 0.3 is 5.97 Å². The van der Waals surface area contributed by atoms with Crippen LogP contribution in [-0.4, -0.2) is 42.3 Å². The molecule has 0 N–H and O–H groups in total. The van der Waals surface area contributed by atoms with Gasteiger partial charge < -0.3 is 14.4 Å². The minimum atomic E-state index is -0.766. The van der Waals surface area contributed by atoms with Gasteiger partial charge in [-0.25, -0.2) is 4.90 Å². The monoisotopic (exact) mass is 533 g/mol. The Morgan fingerprint density at radius 2 is 1.72 bits per heavy atom. The van der Waals surface area contributed by atoms with Crippen molar-refractivity contribution in [2.45, 2.75) is 33.1 Å². The second-order valence-corrected chi connectivity index (χ2v) is 10.1. The Hall–Kier alpha value is -4.54. The summed E-state index contributed by atoms with van der Waals surface area (Å²) in [6.45, 7) is 3.72. The van der Waals surface area contributed by atoms with E-state index in [9.17, 15) is 29.3 Å². The average Bonchev–Trinajstić information content (AvgIpc) is 3.40. The van der Waals surface area contributed by atoms with Gasteiger partial charge in [-0.05, 0) is 56.5 Å². The molecule has 5 rings (SSSR count). The number of methoxy groups -OCH3 is 1. The highest BCUT2D eigenvalue weighted by Gasteiger charge is 2.49. The van der Waals surface area contributed by atoms with Gasteiger partial charge in [0.2, 0.25) is 17.7 Å². The first-order chi connectivity index (χ1) is 18.6. The quantitative estimate of drug-likeness (QED) is 0.137. The normalized spacial score (nSPS) is 22.6. The number of carbonyl (C=O) groups is 4. The molecule has 0 aromatic heterocycles. The summed E-state index contributed by atoms with van der Waals surface area (Å²) >= 11 is 0. The third-order valence-corrected chi connectivity index (χ3v) is 7.57. The molecule has 202 valence electrons. The molecular weight excluding hydrogens is 506 g/mol. The third kappa shape index (κ3) is 4.64. The number of fused-ring (bicyclic) bond motifs is 1. The molecule has 2 fully saturated rings. The van der Waals surface area contributed by atoms with Gasteiger partial charge in [-0.3, -0.25) is 29.3 Å². The van der Waals surface area contributed by atoms with Crippen molar-refractivity contribution in [2.75, 3.05) is 23.5 Å². The van der Waals surface area contributed by atoms with Crippen molar-refractivity contribution in [3.05, 3.63) is 63.7 Å². The first-order valence-electron chi connectivity index (χ1n) is 12.6. The topological polar surface area (TPSA) is 136 Å². The van der Waals surface area contributed by atoms with Gasteiger partial charge in [0.05, 0.1) is 47.2 Å². The van der Waals surface area contributed by atoms with Gasteiger partial charge in [-0.15, -0.1) is 0 Å². The second kappa shape index (κ2) is 9.97. The number of rotatable bonds is 6. The average molecular weight is 534 g/mol. The summed E-state index contributed by atoms with van der Waals surface area (Å²) in [6, 6.07) is 8.62. The summed E-state index contributed by atoms with van der Waals surface area (Å²) in [6.07, 6.45) is 3.04. The maximum atomic E-state index is 13.1. The number of carbonyl (C=O) groups excluding carboxylic acids is 4. The number of hydrogen-bond donors (Lipinski definition) is 0. The molecule has 39 heavy (non-hydrogen) atoms. The number of nitro benzene ring substituents is 1. The molecule has 0 spiro atoms. The number of esters is 1. The molecule has 3 atom stereocenters. The van der Waals surface area contributed by atoms with E-state index >= 15 is 0 Å². The number of anilines is 2. The molecule has 0 radical (unpaired) electrons. The van der Waals surface area contributed by atoms with Crippen LogP contribution < -0.4 is 19.3 Å². The summed E-state index contributed by atoms with van der Waals surface area (Å²) in [7, 11) is 1.34. The van der Waals surface area contributed by atoms with E-state index in [0.717, 1.165) is 5.57 Å². The van der Waals surface area contributed by atoms with Gasteiger partial charge in [0.25, 0.3) is 5.69 Å². The fraction of sp³-hybridized carbons (Fsp3) is 0.357. The van der Waals surface area contributed by atoms with Crippen LogP contribution in [-0.2, 0) is 19.2 Å². The fourth-order valence-electron chi connectivity index (χ4n) is 5.52. The van der Waals surface area contributed by atoms with Crippen LogP contribution in [0.3, 0.4) is 0 Å². The van der Waals surface area contributed by atoms with Gasteiger partial charge in [0, 0.05) is 19.0 Å². The molecule has 2 heterocycles. The van der Waals surface area contributed by atoms with Crippen LogP contribution >= 0.6 is 0 Å². The van der Waals surface area contributed by atoms with Crippen LogP contribution in [0.4, 0.5) is 17.1 Å². The van der Waals surface area contributed by atoms with Crippen LogP contribution in [0.1, 0.15) is 31.7 Å². The van der Waals surface area contributed by atoms with E-state index in [1.54, 1.807) is 19.1 Å². The summed E-state index contributed by atoms with van der Waals surface area (Å²) in [5.74, 6) is -2.47. The number of nitrogens with zero attached hydrogens (tertiary/aromatic N) is 3. The fourth-order valence-corrected chi connectivity index (χ4v) is 5.52. The number of amides is 3. The van der Waals surface area contributed by atoms with E-state index < -0.39 is 16.8 Å². The highest BCUT2D eigenvalue weighted by atomic mass is 16.6. The number of benzene rings is 2. The summed E-state index contributed by atoms with van der Waals surface area (Å²) < 4.78 is 10.8. The molecule has 0 saturated carbocycles. The maximum Gasteiger partial charge on any atom is 0.316 e. The molecule has 2 aromatic carbocycles. The molecule has 0 bridgehead atoms. The maximum absolute atomic E-state index is 13.1. The SMILES string of the molecule is COc1cc([N+](=O)[O-])ccc1N1C[C@H](C(=O)Oc2ccc(N3C(=O)[C@H]4CC(C)=CC[C@H]4C3=O)c(C)c2)CC1=O. The smallest absolute Gasteiger partial charge is 0.316 e. The zero-order valence-corrected chi connectivity index (χ0v) is 21.7. The molecule has 0 unspecified atom stereocenters. The Morgan fingerprint density at radius 3 is 2.41 bits per heavy atom. The number of imide groups is 1. The first kappa shape index (κ1) is 26.1. The number of ether oxygens (including phenoxy) is 2. The molecule has 1 aliphatic carbocycles. The Morgan fingerprint density at radius 1 is 1.00 bits per heavy atom. The molecule has 11 nitrogen and oxygen atoms in total. The standard InChI is InChI=1S/C28H27N3O8/c1-15-4-7-20-21(10-15)27(34)30(26(20)33)22-9-6-19(11-16(22)2)39-28(35)17-12-25(32)29(14-17)23-8-5-18(31(36)37)13-24(23)38-3/h4-6,8-9,11,13,17,20-21H,7,10,12,14H2,1-3H3/t17-,20-,21+/m1/s1. The Bertz CT molecular complexity index is 1450. The largest absolute Gasteiger partial charge is 0.494 e. The van der Waals surface area contributed by atoms with Gasteiger partial charge in [-0.1, -0.05) is 11.6 Å². The summed E-state index contributed by atoms with van der Waals surface area (Å²) in [4.78, 5) is 64.9. The Balaban J connectivity index is 1.28. The molecule has 3 aliphatic rings. The van der Waals surface area contributed by atoms with E-state index in [-0.39, 0.29) is 59.7 Å². The lowest BCUT2D eigenvalue weighted by molar-refractivity contribution is -0.384. The van der Waals surface area contributed by atoms with Crippen molar-refractivity contribution < 1.29 is 33.6 Å². The van der Waals surface area contributed by atoms with Crippen molar-refractivity contribution >= 4 is 40.8 Å². The molecular formula is C28H27N3O8. The third-order valence-electron chi connectivity index (χ3n) is 7.57. The first-order valence-corrected chi connectivity index (χ1v) is 12.6. The van der Waals surface area contributed by atoms with E-state index in [1.165, 1.54) is 41.2 Å². The number of allylic oxidation sites excluding steroid dienone is 2. The van der Waals surface area contributed by atoms with Crippen molar-refractivity contribution in [3.8, 4) is 11.5 Å². The lowest BCUT2D eigenvalue weighted by Gasteiger charge is -2.19. The van der Waals surface area contributed by atoms with Gasteiger partial charge in [-0.2, -0.15) is 0 Å². The minimum Gasteiger partial charge on any atom is -0.494 e. The molecule has 2 saturated heterocycles. The lowest BCUT2D eigenvalue weighted by atomic mass is 9.82. The van der Waals surface area contributed by atoms with Crippen molar-refractivity contribution in [2.24, 2.45) is 17.8 Å². The second-order valence-electron chi connectivity index (χ2n) is 10.1. The Labute approximate surface area is 224 Å². The van der Waals surface area contributed by atoms with Crippen molar-refractivity contribution in [3.63, 3.8) is 0 Å². The van der Waals surface area contributed by atoms with E-state index in [4.69, 9.17) is 9.47 Å². The van der Waals surface area contributed by atoms with Crippen molar-refractivity contribution in [1.82, 2.24) is 0 Å². The zero-order valence-electron chi connectivity index (χ0n) is 21.7. The van der Waals surface area contributed by atoms with Crippen LogP contribution in [0.15, 0.2) is 48.0 Å². The summed E-state index contributed by atoms with van der Waals surface area (Å²) in [5.41, 5.74) is 2.32.